The molecule has 0 radical (unpaired) electrons. The van der Waals surface area contributed by atoms with Crippen LogP contribution in [0.4, 0.5) is 5.69 Å². The number of esters is 2. The summed E-state index contributed by atoms with van der Waals surface area (Å²) in [6.45, 7) is 7.81. The van der Waals surface area contributed by atoms with Crippen molar-refractivity contribution in [2.45, 2.75) is 46.5 Å². The Bertz CT molecular complexity index is 1520. The Morgan fingerprint density at radius 2 is 1.79 bits per heavy atom. The van der Waals surface area contributed by atoms with Crippen LogP contribution in [0.3, 0.4) is 0 Å². The first kappa shape index (κ1) is 26.5. The van der Waals surface area contributed by atoms with Crippen LogP contribution in [0.1, 0.15) is 57.6 Å². The summed E-state index contributed by atoms with van der Waals surface area (Å²) in [5.74, 6) is -1.14. The van der Waals surface area contributed by atoms with Gasteiger partial charge >= 0.3 is 11.9 Å². The van der Waals surface area contributed by atoms with Crippen LogP contribution in [0.25, 0.3) is 10.8 Å². The van der Waals surface area contributed by atoms with Gasteiger partial charge in [0, 0.05) is 35.7 Å². The molecule has 0 spiro atoms. The highest BCUT2D eigenvalue weighted by molar-refractivity contribution is 6.06. The zero-order valence-electron chi connectivity index (χ0n) is 22.9. The second kappa shape index (κ2) is 10.2. The molecule has 1 aliphatic carbocycles. The summed E-state index contributed by atoms with van der Waals surface area (Å²) < 4.78 is 16.7. The summed E-state index contributed by atoms with van der Waals surface area (Å²) in [4.78, 5) is 39.2. The zero-order chi connectivity index (χ0) is 27.9. The lowest BCUT2D eigenvalue weighted by molar-refractivity contribution is -0.148. The Labute approximate surface area is 228 Å². The molecule has 202 valence electrons. The molecule has 0 aromatic heterocycles. The molecule has 1 heterocycles. The number of Topliss-reactive ketones (excluding diaryl/α,β-unsaturated/α-hetero) is 1. The summed E-state index contributed by atoms with van der Waals surface area (Å²) >= 11 is 0. The minimum atomic E-state index is -0.645. The summed E-state index contributed by atoms with van der Waals surface area (Å²) in [6.07, 6.45) is 0.435. The minimum absolute atomic E-state index is 0.0225. The average Bonchev–Trinajstić information content (AvgIpc) is 2.92. The second-order valence-electron chi connectivity index (χ2n) is 10.6. The average molecular weight is 528 g/mol. The summed E-state index contributed by atoms with van der Waals surface area (Å²) in [5.41, 5.74) is 3.08. The van der Waals surface area contributed by atoms with Gasteiger partial charge in [-0.2, -0.15) is 0 Å². The van der Waals surface area contributed by atoms with Crippen molar-refractivity contribution >= 4 is 34.2 Å². The lowest BCUT2D eigenvalue weighted by atomic mass is 9.63. The van der Waals surface area contributed by atoms with E-state index in [1.165, 1.54) is 7.11 Å². The number of rotatable bonds is 6. The molecule has 7 heteroatoms. The van der Waals surface area contributed by atoms with E-state index in [0.29, 0.717) is 29.4 Å². The van der Waals surface area contributed by atoms with E-state index in [0.717, 1.165) is 27.6 Å². The first-order chi connectivity index (χ1) is 18.7. The van der Waals surface area contributed by atoms with E-state index in [2.05, 4.69) is 5.32 Å². The van der Waals surface area contributed by atoms with Gasteiger partial charge in [0.2, 0.25) is 0 Å². The molecule has 0 bridgehead atoms. The van der Waals surface area contributed by atoms with Crippen LogP contribution in [0.15, 0.2) is 65.9 Å². The van der Waals surface area contributed by atoms with Gasteiger partial charge in [0.25, 0.3) is 0 Å². The number of methoxy groups -OCH3 is 1. The predicted molar refractivity (Wildman–Crippen MR) is 149 cm³/mol. The van der Waals surface area contributed by atoms with Crippen molar-refractivity contribution < 1.29 is 28.6 Å². The molecule has 2 aliphatic rings. The molecule has 1 N–H and O–H groups in total. The van der Waals surface area contributed by atoms with E-state index >= 15 is 0 Å². The van der Waals surface area contributed by atoms with E-state index in [4.69, 9.17) is 14.2 Å². The standard InChI is InChI=1S/C32H33NO6/c1-6-25(35)39-23-15-13-19(16-24(23)38-7-2)26-27-20-11-9-8-10-18(20)12-14-21(27)33-30-28(26)22(34)17-32(3,4)29(30)31(36)37-5/h8-16,26,29,33H,6-7,17H2,1-5H3/t26-,29-/m1/s1. The van der Waals surface area contributed by atoms with E-state index in [9.17, 15) is 14.4 Å². The molecule has 0 amide bonds. The molecule has 2 atom stereocenters. The van der Waals surface area contributed by atoms with E-state index in [-0.39, 0.29) is 30.6 Å². The number of carbonyl (C=O) groups excluding carboxylic acids is 3. The maximum Gasteiger partial charge on any atom is 0.315 e. The molecule has 7 nitrogen and oxygen atoms in total. The van der Waals surface area contributed by atoms with Crippen LogP contribution < -0.4 is 14.8 Å². The van der Waals surface area contributed by atoms with Gasteiger partial charge in [0.15, 0.2) is 17.3 Å². The largest absolute Gasteiger partial charge is 0.490 e. The number of ether oxygens (including phenoxy) is 3. The van der Waals surface area contributed by atoms with E-state index in [1.54, 1.807) is 13.0 Å². The monoisotopic (exact) mass is 527 g/mol. The summed E-state index contributed by atoms with van der Waals surface area (Å²) in [7, 11) is 1.38. The first-order valence-electron chi connectivity index (χ1n) is 13.3. The zero-order valence-corrected chi connectivity index (χ0v) is 22.9. The Balaban J connectivity index is 1.79. The Hall–Kier alpha value is -4.13. The molecule has 39 heavy (non-hydrogen) atoms. The van der Waals surface area contributed by atoms with Crippen molar-refractivity contribution in [3.63, 3.8) is 0 Å². The van der Waals surface area contributed by atoms with Gasteiger partial charge < -0.3 is 19.5 Å². The molecule has 0 fully saturated rings. The van der Waals surface area contributed by atoms with Crippen LogP contribution >= 0.6 is 0 Å². The van der Waals surface area contributed by atoms with Crippen molar-refractivity contribution in [1.82, 2.24) is 0 Å². The van der Waals surface area contributed by atoms with E-state index in [1.807, 2.05) is 69.3 Å². The van der Waals surface area contributed by atoms with Gasteiger partial charge in [-0.3, -0.25) is 14.4 Å². The van der Waals surface area contributed by atoms with E-state index < -0.39 is 17.3 Å². The third kappa shape index (κ3) is 4.56. The highest BCUT2D eigenvalue weighted by atomic mass is 16.6. The smallest absolute Gasteiger partial charge is 0.315 e. The molecule has 0 saturated carbocycles. The Kier molecular flexibility index (Phi) is 6.93. The lowest BCUT2D eigenvalue weighted by Crippen LogP contribution is -2.44. The number of hydrogen-bond acceptors (Lipinski definition) is 7. The van der Waals surface area contributed by atoms with Crippen molar-refractivity contribution in [3.05, 3.63) is 77.0 Å². The van der Waals surface area contributed by atoms with Crippen LogP contribution in [0, 0.1) is 11.3 Å². The third-order valence-electron chi connectivity index (χ3n) is 7.64. The second-order valence-corrected chi connectivity index (χ2v) is 10.6. The number of ketones is 1. The van der Waals surface area contributed by atoms with Gasteiger partial charge in [0.1, 0.15) is 5.92 Å². The van der Waals surface area contributed by atoms with Gasteiger partial charge in [0.05, 0.1) is 13.7 Å². The molecular weight excluding hydrogens is 494 g/mol. The number of carbonyl (C=O) groups is 3. The number of nitrogens with one attached hydrogen (secondary N) is 1. The van der Waals surface area contributed by atoms with Gasteiger partial charge in [-0.15, -0.1) is 0 Å². The summed E-state index contributed by atoms with van der Waals surface area (Å²) in [6, 6.07) is 17.5. The predicted octanol–water partition coefficient (Wildman–Crippen LogP) is 6.15. The van der Waals surface area contributed by atoms with Crippen LogP contribution in [0.5, 0.6) is 11.5 Å². The number of benzene rings is 3. The summed E-state index contributed by atoms with van der Waals surface area (Å²) in [5, 5.41) is 5.53. The highest BCUT2D eigenvalue weighted by Gasteiger charge is 2.50. The molecular formula is C32H33NO6. The minimum Gasteiger partial charge on any atom is -0.490 e. The van der Waals surface area contributed by atoms with Crippen LogP contribution in [-0.4, -0.2) is 31.4 Å². The Morgan fingerprint density at radius 1 is 1.03 bits per heavy atom. The Morgan fingerprint density at radius 3 is 2.51 bits per heavy atom. The van der Waals surface area contributed by atoms with Crippen molar-refractivity contribution in [3.8, 4) is 11.5 Å². The molecule has 1 aliphatic heterocycles. The topological polar surface area (TPSA) is 90.9 Å². The molecule has 0 unspecified atom stereocenters. The van der Waals surface area contributed by atoms with Crippen LogP contribution in [-0.2, 0) is 19.1 Å². The third-order valence-corrected chi connectivity index (χ3v) is 7.64. The quantitative estimate of drug-likeness (QED) is 0.304. The number of allylic oxidation sites excluding steroid dienone is 1. The SMILES string of the molecule is CCOc1cc([C@H]2C3=C(Nc4ccc5ccccc5c42)[C@H](C(=O)OC)C(C)(C)CC3=O)ccc1OC(=O)CC. The maximum atomic E-state index is 13.9. The molecule has 5 rings (SSSR count). The van der Waals surface area contributed by atoms with Crippen molar-refractivity contribution in [1.29, 1.82) is 0 Å². The van der Waals surface area contributed by atoms with Crippen LogP contribution in [0.2, 0.25) is 0 Å². The molecule has 0 saturated heterocycles. The lowest BCUT2D eigenvalue weighted by Gasteiger charge is -2.44. The first-order valence-corrected chi connectivity index (χ1v) is 13.3. The number of fused-ring (bicyclic) bond motifs is 3. The fraction of sp³-hybridized carbons (Fsp3) is 0.344. The van der Waals surface area contributed by atoms with Crippen molar-refractivity contribution in [2.75, 3.05) is 19.0 Å². The fourth-order valence-electron chi connectivity index (χ4n) is 5.91. The normalized spacial score (nSPS) is 19.6. The number of anilines is 1. The number of hydrogen-bond donors (Lipinski definition) is 1. The molecule has 3 aromatic carbocycles. The maximum absolute atomic E-state index is 13.9. The van der Waals surface area contributed by atoms with Gasteiger partial charge in [-0.25, -0.2) is 0 Å². The van der Waals surface area contributed by atoms with Gasteiger partial charge in [-0.05, 0) is 52.4 Å². The van der Waals surface area contributed by atoms with Gasteiger partial charge in [-0.1, -0.05) is 57.2 Å². The van der Waals surface area contributed by atoms with Crippen molar-refractivity contribution in [2.24, 2.45) is 11.3 Å². The molecule has 3 aromatic rings. The highest BCUT2D eigenvalue weighted by Crippen LogP contribution is 2.54. The fourth-order valence-corrected chi connectivity index (χ4v) is 5.91.